The summed E-state index contributed by atoms with van der Waals surface area (Å²) in [5.41, 5.74) is 1.10. The van der Waals surface area contributed by atoms with Gasteiger partial charge in [0.15, 0.2) is 0 Å². The van der Waals surface area contributed by atoms with E-state index < -0.39 is 0 Å². The molecule has 1 atom stereocenters. The Morgan fingerprint density at radius 1 is 1.33 bits per heavy atom. The monoisotopic (exact) mass is 265 g/mol. The summed E-state index contributed by atoms with van der Waals surface area (Å²) in [4.78, 5) is 14.3. The molecule has 1 fully saturated rings. The van der Waals surface area contributed by atoms with E-state index in [1.54, 1.807) is 0 Å². The van der Waals surface area contributed by atoms with Gasteiger partial charge in [-0.2, -0.15) is 0 Å². The van der Waals surface area contributed by atoms with Crippen LogP contribution in [-0.2, 0) is 11.2 Å². The van der Waals surface area contributed by atoms with Crippen LogP contribution in [0.2, 0.25) is 0 Å². The minimum Gasteiger partial charge on any atom is -0.339 e. The molecule has 1 aromatic rings. The van der Waals surface area contributed by atoms with E-state index in [9.17, 15) is 4.79 Å². The average molecular weight is 266 g/mol. The number of carbonyl (C=O) groups is 1. The molecule has 1 aliphatic rings. The van der Waals surface area contributed by atoms with Gasteiger partial charge in [0.1, 0.15) is 0 Å². The van der Waals surface area contributed by atoms with E-state index in [4.69, 9.17) is 11.6 Å². The first-order chi connectivity index (χ1) is 8.81. The first kappa shape index (κ1) is 13.4. The molecule has 1 saturated heterocycles. The van der Waals surface area contributed by atoms with E-state index in [1.165, 1.54) is 0 Å². The van der Waals surface area contributed by atoms with Crippen molar-refractivity contribution < 1.29 is 4.79 Å². The molecule has 1 amide bonds. The van der Waals surface area contributed by atoms with Gasteiger partial charge in [0.2, 0.25) is 5.91 Å². The quantitative estimate of drug-likeness (QED) is 0.749. The largest absolute Gasteiger partial charge is 0.339 e. The molecule has 0 aliphatic carbocycles. The van der Waals surface area contributed by atoms with Gasteiger partial charge < -0.3 is 4.90 Å². The van der Waals surface area contributed by atoms with Crippen molar-refractivity contribution in [2.24, 2.45) is 0 Å². The fourth-order valence-corrected chi connectivity index (χ4v) is 2.80. The molecular weight excluding hydrogens is 246 g/mol. The highest BCUT2D eigenvalue weighted by Gasteiger charge is 2.27. The molecule has 3 heteroatoms. The molecule has 98 valence electrons. The smallest absolute Gasteiger partial charge is 0.227 e. The summed E-state index contributed by atoms with van der Waals surface area (Å²) in [5.74, 6) is 0.954. The molecule has 2 rings (SSSR count). The molecular formula is C15H20ClNO. The highest BCUT2D eigenvalue weighted by molar-refractivity contribution is 6.17. The van der Waals surface area contributed by atoms with Crippen LogP contribution < -0.4 is 0 Å². The van der Waals surface area contributed by atoms with Gasteiger partial charge in [0, 0.05) is 18.5 Å². The highest BCUT2D eigenvalue weighted by atomic mass is 35.5. The van der Waals surface area contributed by atoms with E-state index >= 15 is 0 Å². The van der Waals surface area contributed by atoms with Crippen LogP contribution in [0.15, 0.2) is 30.3 Å². The van der Waals surface area contributed by atoms with Crippen molar-refractivity contribution in [3.63, 3.8) is 0 Å². The summed E-state index contributed by atoms with van der Waals surface area (Å²) in [7, 11) is 0. The number of hydrogen-bond donors (Lipinski definition) is 0. The molecule has 18 heavy (non-hydrogen) atoms. The van der Waals surface area contributed by atoms with Gasteiger partial charge in [0.05, 0.1) is 6.42 Å². The molecule has 0 spiro atoms. The Hall–Kier alpha value is -1.02. The van der Waals surface area contributed by atoms with Crippen LogP contribution in [0.5, 0.6) is 0 Å². The molecule has 2 nitrogen and oxygen atoms in total. The predicted octanol–water partition coefficient (Wildman–Crippen LogP) is 3.24. The lowest BCUT2D eigenvalue weighted by Gasteiger charge is -2.24. The van der Waals surface area contributed by atoms with E-state index in [0.717, 1.165) is 37.8 Å². The van der Waals surface area contributed by atoms with Gasteiger partial charge in [-0.15, -0.1) is 11.6 Å². The SMILES string of the molecule is O=C(Cc1ccccc1)N1CCCC1CCCCl. The summed E-state index contributed by atoms with van der Waals surface area (Å²) in [6, 6.07) is 10.4. The first-order valence-electron chi connectivity index (χ1n) is 6.70. The fraction of sp³-hybridized carbons (Fsp3) is 0.533. The van der Waals surface area contributed by atoms with Crippen molar-refractivity contribution in [3.8, 4) is 0 Å². The molecule has 0 N–H and O–H groups in total. The highest BCUT2D eigenvalue weighted by Crippen LogP contribution is 2.22. The minimum atomic E-state index is 0.262. The molecule has 0 aromatic heterocycles. The molecule has 1 aromatic carbocycles. The number of carbonyl (C=O) groups excluding carboxylic acids is 1. The van der Waals surface area contributed by atoms with Crippen molar-refractivity contribution in [2.45, 2.75) is 38.1 Å². The van der Waals surface area contributed by atoms with Crippen molar-refractivity contribution in [3.05, 3.63) is 35.9 Å². The summed E-state index contributed by atoms with van der Waals surface area (Å²) < 4.78 is 0. The Morgan fingerprint density at radius 2 is 2.11 bits per heavy atom. The predicted molar refractivity (Wildman–Crippen MR) is 74.8 cm³/mol. The number of benzene rings is 1. The lowest BCUT2D eigenvalue weighted by atomic mass is 10.1. The number of nitrogens with zero attached hydrogens (tertiary/aromatic N) is 1. The van der Waals surface area contributed by atoms with Crippen molar-refractivity contribution >= 4 is 17.5 Å². The van der Waals surface area contributed by atoms with Gasteiger partial charge in [-0.1, -0.05) is 30.3 Å². The second kappa shape index (κ2) is 6.79. The number of hydrogen-bond acceptors (Lipinski definition) is 1. The van der Waals surface area contributed by atoms with Crippen molar-refractivity contribution in [1.82, 2.24) is 4.90 Å². The van der Waals surface area contributed by atoms with Gasteiger partial charge >= 0.3 is 0 Å². The second-order valence-corrected chi connectivity index (χ2v) is 5.25. The number of amides is 1. The summed E-state index contributed by atoms with van der Waals surface area (Å²) in [6.07, 6.45) is 4.84. The molecule has 1 heterocycles. The Balaban J connectivity index is 1.91. The van der Waals surface area contributed by atoms with Gasteiger partial charge in [0.25, 0.3) is 0 Å². The van der Waals surface area contributed by atoms with Gasteiger partial charge in [-0.25, -0.2) is 0 Å². The van der Waals surface area contributed by atoms with Gasteiger partial charge in [-0.3, -0.25) is 4.79 Å². The van der Waals surface area contributed by atoms with E-state index in [2.05, 4.69) is 4.90 Å². The zero-order valence-corrected chi connectivity index (χ0v) is 11.4. The Morgan fingerprint density at radius 3 is 2.83 bits per heavy atom. The number of alkyl halides is 1. The van der Waals surface area contributed by atoms with Crippen LogP contribution >= 0.6 is 11.6 Å². The molecule has 0 radical (unpaired) electrons. The van der Waals surface area contributed by atoms with Gasteiger partial charge in [-0.05, 0) is 31.2 Å². The molecule has 0 saturated carbocycles. The third-order valence-corrected chi connectivity index (χ3v) is 3.83. The molecule has 1 aliphatic heterocycles. The summed E-state index contributed by atoms with van der Waals surface area (Å²) >= 11 is 5.73. The maximum atomic E-state index is 12.3. The Labute approximate surface area is 114 Å². The van der Waals surface area contributed by atoms with Crippen molar-refractivity contribution in [2.75, 3.05) is 12.4 Å². The number of halogens is 1. The minimum absolute atomic E-state index is 0.262. The summed E-state index contributed by atoms with van der Waals surface area (Å²) in [5, 5.41) is 0. The Bertz CT molecular complexity index is 379. The van der Waals surface area contributed by atoms with Crippen LogP contribution in [0.1, 0.15) is 31.2 Å². The van der Waals surface area contributed by atoms with E-state index in [1.807, 2.05) is 30.3 Å². The van der Waals surface area contributed by atoms with Crippen LogP contribution in [0, 0.1) is 0 Å². The van der Waals surface area contributed by atoms with Crippen molar-refractivity contribution in [1.29, 1.82) is 0 Å². The first-order valence-corrected chi connectivity index (χ1v) is 7.24. The lowest BCUT2D eigenvalue weighted by molar-refractivity contribution is -0.131. The molecule has 1 unspecified atom stereocenters. The van der Waals surface area contributed by atoms with E-state index in [-0.39, 0.29) is 5.91 Å². The second-order valence-electron chi connectivity index (χ2n) is 4.88. The third-order valence-electron chi connectivity index (χ3n) is 3.57. The zero-order chi connectivity index (χ0) is 12.8. The standard InChI is InChI=1S/C15H20ClNO/c16-10-4-8-14-9-5-11-17(14)15(18)12-13-6-2-1-3-7-13/h1-3,6-7,14H,4-5,8-12H2. The summed E-state index contributed by atoms with van der Waals surface area (Å²) in [6.45, 7) is 0.915. The average Bonchev–Trinajstić information content (AvgIpc) is 2.86. The lowest BCUT2D eigenvalue weighted by Crippen LogP contribution is -2.36. The zero-order valence-electron chi connectivity index (χ0n) is 10.6. The van der Waals surface area contributed by atoms with Crippen LogP contribution in [0.3, 0.4) is 0 Å². The fourth-order valence-electron chi connectivity index (χ4n) is 2.65. The van der Waals surface area contributed by atoms with Crippen LogP contribution in [0.4, 0.5) is 0 Å². The van der Waals surface area contributed by atoms with Crippen LogP contribution in [0.25, 0.3) is 0 Å². The maximum Gasteiger partial charge on any atom is 0.227 e. The number of rotatable bonds is 5. The topological polar surface area (TPSA) is 20.3 Å². The maximum absolute atomic E-state index is 12.3. The Kier molecular flexibility index (Phi) is 5.06. The van der Waals surface area contributed by atoms with E-state index in [0.29, 0.717) is 18.3 Å². The molecule has 0 bridgehead atoms. The third kappa shape index (κ3) is 3.49. The number of likely N-dealkylation sites (tertiary alicyclic amines) is 1. The van der Waals surface area contributed by atoms with Crippen LogP contribution in [-0.4, -0.2) is 29.3 Å². The normalized spacial score (nSPS) is 19.2.